The Bertz CT molecular complexity index is 430. The Labute approximate surface area is 102 Å². The Morgan fingerprint density at radius 3 is 2.38 bits per heavy atom. The average molecular weight is 319 g/mol. The van der Waals surface area contributed by atoms with E-state index >= 15 is 0 Å². The van der Waals surface area contributed by atoms with E-state index in [-0.39, 0.29) is 5.33 Å². The molecule has 0 fully saturated rings. The second-order valence-electron chi connectivity index (χ2n) is 2.84. The molecule has 0 aliphatic carbocycles. The Hall–Kier alpha value is -0.620. The maximum absolute atomic E-state index is 13.2. The smallest absolute Gasteiger partial charge is 0.293 e. The van der Waals surface area contributed by atoms with Gasteiger partial charge in [0.25, 0.3) is 0 Å². The summed E-state index contributed by atoms with van der Waals surface area (Å²) in [6.45, 7) is 0. The van der Waals surface area contributed by atoms with Gasteiger partial charge in [0.1, 0.15) is 5.56 Å². The predicted molar refractivity (Wildman–Crippen MR) is 54.5 cm³/mol. The number of carbonyl (C=O) groups is 1. The van der Waals surface area contributed by atoms with Gasteiger partial charge in [0.2, 0.25) is 0 Å². The van der Waals surface area contributed by atoms with Crippen molar-refractivity contribution in [3.8, 4) is 0 Å². The lowest BCUT2D eigenvalue weighted by molar-refractivity contribution is -0.140. The summed E-state index contributed by atoms with van der Waals surface area (Å²) in [5, 5.41) is -0.990. The van der Waals surface area contributed by atoms with E-state index in [0.29, 0.717) is 0 Å². The normalized spacial score (nSPS) is 11.6. The van der Waals surface area contributed by atoms with Gasteiger partial charge in [0.15, 0.2) is 11.6 Å². The Morgan fingerprint density at radius 1 is 1.38 bits per heavy atom. The molecule has 0 aliphatic rings. The van der Waals surface area contributed by atoms with Crippen LogP contribution < -0.4 is 0 Å². The van der Waals surface area contributed by atoms with Crippen LogP contribution in [0.1, 0.15) is 15.9 Å². The number of benzene rings is 1. The van der Waals surface area contributed by atoms with Gasteiger partial charge in [0.05, 0.1) is 10.4 Å². The lowest BCUT2D eigenvalue weighted by atomic mass is 10.0. The SMILES string of the molecule is O=C(CBr)c1ccc(Cl)c(F)c1C(F)(F)F. The summed E-state index contributed by atoms with van der Waals surface area (Å²) in [7, 11) is 0. The number of rotatable bonds is 2. The van der Waals surface area contributed by atoms with Crippen molar-refractivity contribution in [3.63, 3.8) is 0 Å². The minimum atomic E-state index is -4.96. The third-order valence-electron chi connectivity index (χ3n) is 1.80. The summed E-state index contributed by atoms with van der Waals surface area (Å²) in [6.07, 6.45) is -4.96. The molecular formula is C9H4BrClF4O. The summed E-state index contributed by atoms with van der Waals surface area (Å²) in [4.78, 5) is 11.2. The predicted octanol–water partition coefficient (Wildman–Crippen LogP) is 4.08. The van der Waals surface area contributed by atoms with Gasteiger partial charge < -0.3 is 0 Å². The Kier molecular flexibility index (Phi) is 3.96. The minimum absolute atomic E-state index is 0.322. The van der Waals surface area contributed by atoms with Gasteiger partial charge in [-0.2, -0.15) is 13.2 Å². The largest absolute Gasteiger partial charge is 0.419 e. The number of hydrogen-bond donors (Lipinski definition) is 0. The number of halogens is 6. The maximum Gasteiger partial charge on any atom is 0.419 e. The molecule has 1 rings (SSSR count). The number of hydrogen-bond acceptors (Lipinski definition) is 1. The van der Waals surface area contributed by atoms with Crippen LogP contribution in [0.3, 0.4) is 0 Å². The minimum Gasteiger partial charge on any atom is -0.293 e. The molecular weight excluding hydrogens is 315 g/mol. The zero-order chi connectivity index (χ0) is 12.5. The van der Waals surface area contributed by atoms with Crippen LogP contribution >= 0.6 is 27.5 Å². The molecule has 0 aromatic heterocycles. The highest BCUT2D eigenvalue weighted by Crippen LogP contribution is 2.36. The van der Waals surface area contributed by atoms with Gasteiger partial charge in [-0.15, -0.1) is 0 Å². The lowest BCUT2D eigenvalue weighted by Gasteiger charge is -2.13. The van der Waals surface area contributed by atoms with Crippen molar-refractivity contribution in [3.05, 3.63) is 34.1 Å². The first-order chi connectivity index (χ1) is 7.29. The molecule has 0 atom stereocenters. The highest BCUT2D eigenvalue weighted by molar-refractivity contribution is 9.09. The van der Waals surface area contributed by atoms with Crippen LogP contribution in [0.5, 0.6) is 0 Å². The van der Waals surface area contributed by atoms with Crippen molar-refractivity contribution in [2.75, 3.05) is 5.33 Å². The summed E-state index contributed by atoms with van der Waals surface area (Å²) in [5.74, 6) is -2.48. The number of Topliss-reactive ketones (excluding diaryl/α,β-unsaturated/α-hetero) is 1. The van der Waals surface area contributed by atoms with Crippen molar-refractivity contribution in [1.29, 1.82) is 0 Å². The molecule has 7 heteroatoms. The van der Waals surface area contributed by atoms with E-state index in [2.05, 4.69) is 15.9 Å². The van der Waals surface area contributed by atoms with E-state index in [1.54, 1.807) is 0 Å². The molecule has 0 aliphatic heterocycles. The van der Waals surface area contributed by atoms with Gasteiger partial charge in [0, 0.05) is 5.56 Å². The molecule has 0 spiro atoms. The molecule has 16 heavy (non-hydrogen) atoms. The van der Waals surface area contributed by atoms with E-state index in [1.165, 1.54) is 0 Å². The first-order valence-electron chi connectivity index (χ1n) is 3.93. The lowest BCUT2D eigenvalue weighted by Crippen LogP contribution is -2.16. The van der Waals surface area contributed by atoms with Crippen molar-refractivity contribution in [1.82, 2.24) is 0 Å². The van der Waals surface area contributed by atoms with Crippen molar-refractivity contribution < 1.29 is 22.4 Å². The summed E-state index contributed by atoms with van der Waals surface area (Å²) in [5.41, 5.74) is -2.35. The zero-order valence-corrected chi connectivity index (χ0v) is 9.88. The van der Waals surface area contributed by atoms with Crippen molar-refractivity contribution >= 4 is 33.3 Å². The quantitative estimate of drug-likeness (QED) is 0.456. The number of carbonyl (C=O) groups excluding carboxylic acids is 1. The van der Waals surface area contributed by atoms with Gasteiger partial charge >= 0.3 is 6.18 Å². The van der Waals surface area contributed by atoms with E-state index in [4.69, 9.17) is 11.6 Å². The van der Waals surface area contributed by atoms with Crippen LogP contribution in [-0.2, 0) is 6.18 Å². The fourth-order valence-electron chi connectivity index (χ4n) is 1.13. The molecule has 0 bridgehead atoms. The van der Waals surface area contributed by atoms with Gasteiger partial charge in [-0.3, -0.25) is 4.79 Å². The second kappa shape index (κ2) is 4.71. The molecule has 1 aromatic carbocycles. The Morgan fingerprint density at radius 2 is 1.94 bits per heavy atom. The summed E-state index contributed by atoms with van der Waals surface area (Å²) in [6, 6.07) is 1.78. The highest BCUT2D eigenvalue weighted by atomic mass is 79.9. The van der Waals surface area contributed by atoms with E-state index in [1.807, 2.05) is 0 Å². The van der Waals surface area contributed by atoms with E-state index in [9.17, 15) is 22.4 Å². The van der Waals surface area contributed by atoms with Crippen LogP contribution in [0, 0.1) is 5.82 Å². The molecule has 0 saturated carbocycles. The number of alkyl halides is 4. The highest BCUT2D eigenvalue weighted by Gasteiger charge is 2.39. The standard InChI is InChI=1S/C9H4BrClF4O/c10-3-6(16)4-1-2-5(11)8(12)7(4)9(13,14)15/h1-2H,3H2. The second-order valence-corrected chi connectivity index (χ2v) is 3.81. The molecule has 0 unspecified atom stereocenters. The third kappa shape index (κ3) is 2.55. The zero-order valence-electron chi connectivity index (χ0n) is 7.54. The fraction of sp³-hybridized carbons (Fsp3) is 0.222. The molecule has 0 N–H and O–H groups in total. The van der Waals surface area contributed by atoms with Crippen molar-refractivity contribution in [2.24, 2.45) is 0 Å². The van der Waals surface area contributed by atoms with Crippen molar-refractivity contribution in [2.45, 2.75) is 6.18 Å². The molecule has 1 nitrogen and oxygen atoms in total. The van der Waals surface area contributed by atoms with Crippen LogP contribution in [-0.4, -0.2) is 11.1 Å². The number of ketones is 1. The third-order valence-corrected chi connectivity index (χ3v) is 2.60. The first kappa shape index (κ1) is 13.4. The summed E-state index contributed by atoms with van der Waals surface area (Å²) < 4.78 is 50.8. The monoisotopic (exact) mass is 318 g/mol. The van der Waals surface area contributed by atoms with Crippen LogP contribution in [0.2, 0.25) is 5.02 Å². The topological polar surface area (TPSA) is 17.1 Å². The van der Waals surface area contributed by atoms with Crippen LogP contribution in [0.15, 0.2) is 12.1 Å². The molecule has 88 valence electrons. The molecule has 0 radical (unpaired) electrons. The molecule has 0 heterocycles. The maximum atomic E-state index is 13.2. The summed E-state index contributed by atoms with van der Waals surface area (Å²) >= 11 is 7.96. The van der Waals surface area contributed by atoms with Gasteiger partial charge in [-0.05, 0) is 12.1 Å². The molecule has 0 amide bonds. The molecule has 1 aromatic rings. The van der Waals surface area contributed by atoms with Crippen LogP contribution in [0.4, 0.5) is 17.6 Å². The van der Waals surface area contributed by atoms with E-state index < -0.39 is 33.9 Å². The van der Waals surface area contributed by atoms with Crippen LogP contribution in [0.25, 0.3) is 0 Å². The van der Waals surface area contributed by atoms with Gasteiger partial charge in [-0.1, -0.05) is 27.5 Å². The fourth-order valence-corrected chi connectivity index (χ4v) is 1.59. The van der Waals surface area contributed by atoms with E-state index in [0.717, 1.165) is 12.1 Å². The molecule has 0 saturated heterocycles. The average Bonchev–Trinajstić information content (AvgIpc) is 2.18. The first-order valence-corrected chi connectivity index (χ1v) is 5.43. The Balaban J connectivity index is 3.52. The van der Waals surface area contributed by atoms with Gasteiger partial charge in [-0.25, -0.2) is 4.39 Å².